The summed E-state index contributed by atoms with van der Waals surface area (Å²) < 4.78 is 0. The number of carbonyl (C=O) groups is 12. The van der Waals surface area contributed by atoms with E-state index in [1.54, 1.807) is 170 Å². The number of carbonyl (C=O) groups excluding carboxylic acids is 12. The quantitative estimate of drug-likeness (QED) is 0.0299. The number of nitrogens with zero attached hydrogens (tertiary/aromatic N) is 11. The second-order valence-corrected chi connectivity index (χ2v) is 29.4. The van der Waals surface area contributed by atoms with Crippen LogP contribution in [0, 0.1) is 0 Å². The summed E-state index contributed by atoms with van der Waals surface area (Å²) in [5.74, 6) is -7.21. The third-order valence-corrected chi connectivity index (χ3v) is 20.0. The van der Waals surface area contributed by atoms with E-state index >= 15 is 28.8 Å². The topological polar surface area (TPSA) is 345 Å². The number of unbranched alkanes of at least 4 members (excludes halogenated alkanes) is 3. The van der Waals surface area contributed by atoms with Crippen LogP contribution in [0.1, 0.15) is 90.0 Å². The van der Waals surface area contributed by atoms with Crippen molar-refractivity contribution in [3.8, 4) is 0 Å². The average molecular weight is 1620 g/mol. The van der Waals surface area contributed by atoms with Gasteiger partial charge >= 0.3 is 0 Å². The van der Waals surface area contributed by atoms with E-state index in [2.05, 4.69) is 0 Å². The number of hydrogen-bond acceptors (Lipinski definition) is 15. The summed E-state index contributed by atoms with van der Waals surface area (Å²) in [5, 5.41) is 0. The predicted molar refractivity (Wildman–Crippen MR) is 454 cm³/mol. The Kier molecular flexibility index (Phi) is 38.6. The van der Waals surface area contributed by atoms with E-state index in [0.717, 1.165) is 16.7 Å². The normalized spacial score (nSPS) is 10.8. The summed E-state index contributed by atoms with van der Waals surface area (Å²) in [6.45, 7) is -3.70. The van der Waals surface area contributed by atoms with Crippen molar-refractivity contribution in [2.45, 2.75) is 97.8 Å². The molecule has 0 aliphatic carbocycles. The smallest absolute Gasteiger partial charge is 0.242 e. The van der Waals surface area contributed by atoms with E-state index in [9.17, 15) is 28.8 Å². The Labute approximate surface area is 698 Å². The van der Waals surface area contributed by atoms with E-state index in [1.807, 2.05) is 72.8 Å². The van der Waals surface area contributed by atoms with Crippen molar-refractivity contribution in [3.63, 3.8) is 0 Å². The maximum atomic E-state index is 15.5. The fraction of sp³-hybridized carbons (Fsp3) is 0.348. The van der Waals surface area contributed by atoms with E-state index in [-0.39, 0.29) is 104 Å². The first-order chi connectivity index (χ1) is 57.6. The lowest BCUT2D eigenvalue weighted by atomic mass is 10.2. The van der Waals surface area contributed by atoms with E-state index in [0.29, 0.717) is 66.3 Å². The van der Waals surface area contributed by atoms with Crippen LogP contribution >= 0.6 is 0 Å². The molecule has 0 radical (unpaired) electrons. The molecule has 0 spiro atoms. The summed E-state index contributed by atoms with van der Waals surface area (Å²) >= 11 is 0. The highest BCUT2D eigenvalue weighted by atomic mass is 16.2. The Morgan fingerprint density at radius 2 is 0.345 bits per heavy atom. The van der Waals surface area contributed by atoms with Gasteiger partial charge in [0.25, 0.3) is 0 Å². The molecule has 8 N–H and O–H groups in total. The molecule has 628 valence electrons. The van der Waals surface area contributed by atoms with Crippen molar-refractivity contribution in [1.29, 1.82) is 0 Å². The number of nitrogens with two attached hydrogens (primary N) is 4. The van der Waals surface area contributed by atoms with Crippen molar-refractivity contribution in [2.75, 3.05) is 111 Å². The van der Waals surface area contributed by atoms with Gasteiger partial charge in [-0.05, 0) is 103 Å². The minimum Gasteiger partial charge on any atom is -0.368 e. The van der Waals surface area contributed by atoms with Crippen molar-refractivity contribution in [2.24, 2.45) is 22.9 Å². The second kappa shape index (κ2) is 50.0. The minimum atomic E-state index is -0.755. The van der Waals surface area contributed by atoms with Crippen LogP contribution in [0.2, 0.25) is 0 Å². The van der Waals surface area contributed by atoms with Gasteiger partial charge in [-0.15, -0.1) is 0 Å². The van der Waals surface area contributed by atoms with Gasteiger partial charge in [-0.25, -0.2) is 0 Å². The molecular weight excluding hydrogens is 1510 g/mol. The molecule has 0 aliphatic rings. The molecule has 8 rings (SSSR count). The lowest BCUT2D eigenvalue weighted by molar-refractivity contribution is -0.150. The van der Waals surface area contributed by atoms with Gasteiger partial charge in [0.2, 0.25) is 70.9 Å². The highest BCUT2D eigenvalue weighted by molar-refractivity contribution is 5.95. The fourth-order valence-electron chi connectivity index (χ4n) is 13.4. The van der Waals surface area contributed by atoms with Crippen LogP contribution in [0.4, 0.5) is 0 Å². The first kappa shape index (κ1) is 91.8. The Balaban J connectivity index is 1.05. The molecule has 27 nitrogen and oxygen atoms in total. The first-order valence-corrected chi connectivity index (χ1v) is 40.4. The standard InChI is InChI=1S/C92H113N15O12/c1-73(108)100(54-74-32-10-2-11-33-74)66-89(116)102(56-76-36-14-4-15-37-76)67-83(110)97(51-29-26-48-93)64-87(114)106(60-80-44-22-8-23-45-80)71-91(118)104(58-78-40-18-6-19-41-78)69-85(112)99(53-31-28-50-95)65-88(115)107(61-81-46-24-9-25-47-81)72-92(119)103(57-77-38-16-5-17-39-77)68-84(111)98(52-30-27-49-94)63-86(113)105(59-79-42-20-7-21-43-79)70-90(117)101(62-82(96)109)55-75-34-12-3-13-35-75/h2-25,32-47H,26-31,48-72,93-95H2,1H3,(H2,96,109). The molecule has 0 heterocycles. The van der Waals surface area contributed by atoms with Crippen LogP contribution in [0.15, 0.2) is 243 Å². The van der Waals surface area contributed by atoms with Crippen molar-refractivity contribution in [1.82, 2.24) is 53.9 Å². The fourth-order valence-corrected chi connectivity index (χ4v) is 13.4. The second-order valence-electron chi connectivity index (χ2n) is 29.4. The summed E-state index contributed by atoms with van der Waals surface area (Å²) in [5.41, 5.74) is 29.2. The highest BCUT2D eigenvalue weighted by Crippen LogP contribution is 2.19. The maximum absolute atomic E-state index is 15.5. The van der Waals surface area contributed by atoms with Crippen LogP contribution in [-0.4, -0.2) is 236 Å². The average Bonchev–Trinajstić information content (AvgIpc) is 0.859. The molecule has 0 aromatic heterocycles. The van der Waals surface area contributed by atoms with Gasteiger partial charge in [0.15, 0.2) is 0 Å². The number of hydrogen-bond donors (Lipinski definition) is 4. The largest absolute Gasteiger partial charge is 0.368 e. The molecule has 0 atom stereocenters. The van der Waals surface area contributed by atoms with Crippen LogP contribution in [0.5, 0.6) is 0 Å². The molecule has 12 amide bonds. The Morgan fingerprint density at radius 1 is 0.202 bits per heavy atom. The van der Waals surface area contributed by atoms with Gasteiger partial charge in [-0.1, -0.05) is 243 Å². The molecule has 8 aromatic rings. The van der Waals surface area contributed by atoms with Gasteiger partial charge < -0.3 is 76.8 Å². The molecule has 8 aromatic carbocycles. The lowest BCUT2D eigenvalue weighted by Crippen LogP contribution is -2.52. The van der Waals surface area contributed by atoms with Crippen LogP contribution in [0.25, 0.3) is 0 Å². The molecule has 0 unspecified atom stereocenters. The third-order valence-electron chi connectivity index (χ3n) is 20.0. The Bertz CT molecular complexity index is 4510. The summed E-state index contributed by atoms with van der Waals surface area (Å²) in [6.07, 6.45) is 2.51. The number of benzene rings is 8. The summed E-state index contributed by atoms with van der Waals surface area (Å²) in [4.78, 5) is 191. The summed E-state index contributed by atoms with van der Waals surface area (Å²) in [7, 11) is 0. The Morgan fingerprint density at radius 3 is 0.504 bits per heavy atom. The summed E-state index contributed by atoms with van der Waals surface area (Å²) in [6, 6.07) is 72.0. The van der Waals surface area contributed by atoms with Crippen molar-refractivity contribution < 1.29 is 57.5 Å². The van der Waals surface area contributed by atoms with Crippen molar-refractivity contribution >= 4 is 70.9 Å². The zero-order chi connectivity index (χ0) is 85.1. The van der Waals surface area contributed by atoms with E-state index in [4.69, 9.17) is 22.9 Å². The predicted octanol–water partition coefficient (Wildman–Crippen LogP) is 6.42. The molecule has 119 heavy (non-hydrogen) atoms. The lowest BCUT2D eigenvalue weighted by Gasteiger charge is -2.33. The monoisotopic (exact) mass is 1620 g/mol. The highest BCUT2D eigenvalue weighted by Gasteiger charge is 2.34. The van der Waals surface area contributed by atoms with Gasteiger partial charge in [0.05, 0.1) is 26.2 Å². The first-order valence-electron chi connectivity index (χ1n) is 40.4. The SMILES string of the molecule is CC(=O)N(CC(=O)N(CC(=O)N(CCCCN)CC(=O)N(CC(=O)N(CC(=O)N(CCCCN)CC(=O)N(CC(=O)N(CC(=O)N(CCCCN)CC(=O)N(CC(=O)N(CC(N)=O)Cc1ccccc1)Cc1ccccc1)Cc1ccccc1)Cc1ccccc1)Cc1ccccc1)Cc1ccccc1)Cc1ccccc1)Cc1ccccc1. The van der Waals surface area contributed by atoms with Crippen LogP contribution in [-0.2, 0) is 110 Å². The zero-order valence-corrected chi connectivity index (χ0v) is 68.1. The van der Waals surface area contributed by atoms with Gasteiger partial charge in [0.1, 0.15) is 45.8 Å². The van der Waals surface area contributed by atoms with E-state index < -0.39 is 130 Å². The van der Waals surface area contributed by atoms with Gasteiger partial charge in [-0.3, -0.25) is 57.5 Å². The molecule has 0 saturated heterocycles. The van der Waals surface area contributed by atoms with Gasteiger partial charge in [-0.2, -0.15) is 0 Å². The molecular formula is C92H113N15O12. The number of amides is 12. The van der Waals surface area contributed by atoms with Gasteiger partial charge in [0, 0.05) is 78.9 Å². The molecule has 0 saturated carbocycles. The number of primary amides is 1. The van der Waals surface area contributed by atoms with Crippen LogP contribution < -0.4 is 22.9 Å². The molecule has 27 heteroatoms. The van der Waals surface area contributed by atoms with Crippen molar-refractivity contribution in [3.05, 3.63) is 287 Å². The molecule has 0 bridgehead atoms. The number of rotatable bonds is 50. The minimum absolute atomic E-state index is 0.00442. The van der Waals surface area contributed by atoms with E-state index in [1.165, 1.54) is 60.8 Å². The molecule has 0 fully saturated rings. The van der Waals surface area contributed by atoms with Crippen LogP contribution in [0.3, 0.4) is 0 Å². The zero-order valence-electron chi connectivity index (χ0n) is 68.1. The molecule has 0 aliphatic heterocycles. The Hall–Kier alpha value is -12.7. The third kappa shape index (κ3) is 32.4. The maximum Gasteiger partial charge on any atom is 0.242 e.